The van der Waals surface area contributed by atoms with Gasteiger partial charge in [-0.05, 0) is 17.0 Å². The highest BCUT2D eigenvalue weighted by Crippen LogP contribution is 2.17. The normalized spacial score (nSPS) is 12.4. The predicted octanol–water partition coefficient (Wildman–Crippen LogP) is 3.20. The van der Waals surface area contributed by atoms with Crippen molar-refractivity contribution in [1.29, 1.82) is 0 Å². The summed E-state index contributed by atoms with van der Waals surface area (Å²) in [6.07, 6.45) is 0. The fraction of sp³-hybridized carbons (Fsp3) is 0.455. The minimum atomic E-state index is -0.499. The third-order valence-electron chi connectivity index (χ3n) is 2.20. The number of halogens is 2. The Morgan fingerprint density at radius 1 is 1.14 bits per heavy atom. The number of nitrogens with two attached hydrogens (primary N) is 1. The summed E-state index contributed by atoms with van der Waals surface area (Å²) in [6.45, 7) is 3.76. The molecule has 1 aromatic carbocycles. The summed E-state index contributed by atoms with van der Waals surface area (Å²) in [6, 6.07) is 7.35. The molecule has 0 amide bonds. The van der Waals surface area contributed by atoms with Gasteiger partial charge in [-0.25, -0.2) is 4.39 Å². The van der Waals surface area contributed by atoms with Crippen molar-refractivity contribution < 1.29 is 4.39 Å². The summed E-state index contributed by atoms with van der Waals surface area (Å²) in [5.41, 5.74) is 7.67. The topological polar surface area (TPSA) is 26.0 Å². The van der Waals surface area contributed by atoms with Gasteiger partial charge in [-0.3, -0.25) is 0 Å². The van der Waals surface area contributed by atoms with Crippen LogP contribution in [-0.4, -0.2) is 6.67 Å². The second-order valence-corrected chi connectivity index (χ2v) is 3.58. The summed E-state index contributed by atoms with van der Waals surface area (Å²) in [4.78, 5) is 0. The molecule has 0 aliphatic rings. The number of alkyl halides is 1. The lowest BCUT2D eigenvalue weighted by Crippen LogP contribution is -2.11. The second-order valence-electron chi connectivity index (χ2n) is 3.58. The average molecular weight is 218 g/mol. The predicted molar refractivity (Wildman–Crippen MR) is 60.7 cm³/mol. The number of hydrogen-bond acceptors (Lipinski definition) is 1. The molecule has 0 saturated carbocycles. The molecule has 1 atom stereocenters. The van der Waals surface area contributed by atoms with Gasteiger partial charge in [-0.15, -0.1) is 12.4 Å². The van der Waals surface area contributed by atoms with Crippen LogP contribution in [0.5, 0.6) is 0 Å². The number of rotatable bonds is 3. The zero-order chi connectivity index (χ0) is 9.84. The monoisotopic (exact) mass is 217 g/mol. The molecule has 0 aromatic heterocycles. The highest BCUT2D eigenvalue weighted by atomic mass is 35.5. The summed E-state index contributed by atoms with van der Waals surface area (Å²) < 4.78 is 12.2. The molecule has 0 saturated heterocycles. The standard InChI is InChI=1S/C11H16FN.ClH/c1-8(2)9-3-5-10(6-4-9)11(13)7-12;/h3-6,8,11H,7,13H2,1-2H3;1H/t11-;/m1./s1. The second kappa shape index (κ2) is 5.99. The van der Waals surface area contributed by atoms with Crippen molar-refractivity contribution in [3.63, 3.8) is 0 Å². The molecule has 0 radical (unpaired) electrons. The van der Waals surface area contributed by atoms with Gasteiger partial charge >= 0.3 is 0 Å². The number of benzene rings is 1. The van der Waals surface area contributed by atoms with E-state index in [1.54, 1.807) is 0 Å². The molecule has 80 valence electrons. The molecule has 0 bridgehead atoms. The van der Waals surface area contributed by atoms with Gasteiger partial charge in [0.2, 0.25) is 0 Å². The van der Waals surface area contributed by atoms with Crippen LogP contribution in [0.25, 0.3) is 0 Å². The van der Waals surface area contributed by atoms with Crippen LogP contribution in [0.2, 0.25) is 0 Å². The number of hydrogen-bond donors (Lipinski definition) is 1. The Labute approximate surface area is 90.9 Å². The largest absolute Gasteiger partial charge is 0.322 e. The SMILES string of the molecule is CC(C)c1ccc([C@H](N)CF)cc1.Cl. The molecule has 0 fully saturated rings. The van der Waals surface area contributed by atoms with E-state index in [1.165, 1.54) is 5.56 Å². The van der Waals surface area contributed by atoms with E-state index in [-0.39, 0.29) is 12.4 Å². The maximum absolute atomic E-state index is 12.2. The van der Waals surface area contributed by atoms with Crippen molar-refractivity contribution in [1.82, 2.24) is 0 Å². The van der Waals surface area contributed by atoms with Gasteiger partial charge in [0.25, 0.3) is 0 Å². The first-order valence-corrected chi connectivity index (χ1v) is 4.56. The van der Waals surface area contributed by atoms with E-state index in [9.17, 15) is 4.39 Å². The molecule has 1 nitrogen and oxygen atoms in total. The Hall–Kier alpha value is -0.600. The van der Waals surface area contributed by atoms with Crippen molar-refractivity contribution in [2.45, 2.75) is 25.8 Å². The van der Waals surface area contributed by atoms with Gasteiger partial charge in [0, 0.05) is 0 Å². The fourth-order valence-electron chi connectivity index (χ4n) is 1.22. The van der Waals surface area contributed by atoms with Gasteiger partial charge < -0.3 is 5.73 Å². The smallest absolute Gasteiger partial charge is 0.109 e. The summed E-state index contributed by atoms with van der Waals surface area (Å²) in [7, 11) is 0. The van der Waals surface area contributed by atoms with E-state index in [2.05, 4.69) is 13.8 Å². The van der Waals surface area contributed by atoms with Crippen LogP contribution in [0.3, 0.4) is 0 Å². The third kappa shape index (κ3) is 3.28. The van der Waals surface area contributed by atoms with Crippen LogP contribution in [0.4, 0.5) is 4.39 Å². The van der Waals surface area contributed by atoms with Gasteiger partial charge in [-0.2, -0.15) is 0 Å². The van der Waals surface area contributed by atoms with Crippen LogP contribution in [0, 0.1) is 0 Å². The van der Waals surface area contributed by atoms with Gasteiger partial charge in [0.05, 0.1) is 6.04 Å². The summed E-state index contributed by atoms with van der Waals surface area (Å²) >= 11 is 0. The lowest BCUT2D eigenvalue weighted by Gasteiger charge is -2.09. The third-order valence-corrected chi connectivity index (χ3v) is 2.20. The van der Waals surface area contributed by atoms with Crippen molar-refractivity contribution in [3.05, 3.63) is 35.4 Å². The minimum absolute atomic E-state index is 0. The van der Waals surface area contributed by atoms with E-state index in [1.807, 2.05) is 24.3 Å². The first kappa shape index (κ1) is 13.4. The van der Waals surface area contributed by atoms with Crippen molar-refractivity contribution >= 4 is 12.4 Å². The van der Waals surface area contributed by atoms with Crippen LogP contribution in [-0.2, 0) is 0 Å². The molecule has 0 aliphatic carbocycles. The Bertz CT molecular complexity index is 258. The van der Waals surface area contributed by atoms with Gasteiger partial charge in [0.1, 0.15) is 6.67 Å². The van der Waals surface area contributed by atoms with E-state index in [0.29, 0.717) is 5.92 Å². The molecule has 1 aromatic rings. The summed E-state index contributed by atoms with van der Waals surface area (Å²) in [5, 5.41) is 0. The molecule has 0 spiro atoms. The maximum Gasteiger partial charge on any atom is 0.109 e. The zero-order valence-electron chi connectivity index (χ0n) is 8.53. The molecular weight excluding hydrogens is 201 g/mol. The first-order valence-electron chi connectivity index (χ1n) is 4.56. The van der Waals surface area contributed by atoms with Crippen LogP contribution >= 0.6 is 12.4 Å². The highest BCUT2D eigenvalue weighted by Gasteiger charge is 2.05. The van der Waals surface area contributed by atoms with Crippen LogP contribution in [0.15, 0.2) is 24.3 Å². The van der Waals surface area contributed by atoms with E-state index >= 15 is 0 Å². The lowest BCUT2D eigenvalue weighted by atomic mass is 10.00. The molecule has 0 unspecified atom stereocenters. The van der Waals surface area contributed by atoms with E-state index in [0.717, 1.165) is 5.56 Å². The lowest BCUT2D eigenvalue weighted by molar-refractivity contribution is 0.437. The van der Waals surface area contributed by atoms with Crippen molar-refractivity contribution in [2.24, 2.45) is 5.73 Å². The minimum Gasteiger partial charge on any atom is -0.322 e. The molecule has 0 heterocycles. The van der Waals surface area contributed by atoms with Crippen molar-refractivity contribution in [2.75, 3.05) is 6.67 Å². The van der Waals surface area contributed by atoms with Crippen LogP contribution < -0.4 is 5.73 Å². The van der Waals surface area contributed by atoms with Crippen LogP contribution in [0.1, 0.15) is 36.9 Å². The van der Waals surface area contributed by atoms with E-state index < -0.39 is 12.7 Å². The molecule has 14 heavy (non-hydrogen) atoms. The highest BCUT2D eigenvalue weighted by molar-refractivity contribution is 5.85. The van der Waals surface area contributed by atoms with Crippen molar-refractivity contribution in [3.8, 4) is 0 Å². The average Bonchev–Trinajstić information content (AvgIpc) is 2.17. The first-order chi connectivity index (χ1) is 6.15. The Kier molecular flexibility index (Phi) is 5.73. The molecule has 3 heteroatoms. The maximum atomic E-state index is 12.2. The summed E-state index contributed by atoms with van der Waals surface area (Å²) in [5.74, 6) is 0.510. The quantitative estimate of drug-likeness (QED) is 0.827. The Balaban J connectivity index is 0.00000169. The molecule has 1 rings (SSSR count). The van der Waals surface area contributed by atoms with Gasteiger partial charge in [-0.1, -0.05) is 38.1 Å². The molecule has 2 N–H and O–H groups in total. The Morgan fingerprint density at radius 3 is 1.93 bits per heavy atom. The molecular formula is C11H17ClFN. The fourth-order valence-corrected chi connectivity index (χ4v) is 1.22. The van der Waals surface area contributed by atoms with E-state index in [4.69, 9.17) is 5.73 Å². The van der Waals surface area contributed by atoms with Gasteiger partial charge in [0.15, 0.2) is 0 Å². The zero-order valence-corrected chi connectivity index (χ0v) is 9.35. The Morgan fingerprint density at radius 2 is 1.57 bits per heavy atom. The molecule has 0 aliphatic heterocycles.